The first kappa shape index (κ1) is 14.5. The summed E-state index contributed by atoms with van der Waals surface area (Å²) in [6.45, 7) is 1.69. The van der Waals surface area contributed by atoms with E-state index in [1.165, 1.54) is 0 Å². The second kappa shape index (κ2) is 6.53. The van der Waals surface area contributed by atoms with Crippen LogP contribution in [0.2, 0.25) is 5.02 Å². The van der Waals surface area contributed by atoms with Gasteiger partial charge in [-0.1, -0.05) is 24.6 Å². The molecule has 19 heavy (non-hydrogen) atoms. The predicted octanol–water partition coefficient (Wildman–Crippen LogP) is 3.49. The van der Waals surface area contributed by atoms with Gasteiger partial charge in [-0.2, -0.15) is 11.8 Å². The van der Waals surface area contributed by atoms with Crippen LogP contribution in [0.4, 0.5) is 0 Å². The van der Waals surface area contributed by atoms with Crippen molar-refractivity contribution in [3.05, 3.63) is 28.8 Å². The minimum absolute atomic E-state index is 0.242. The third-order valence-electron chi connectivity index (χ3n) is 3.14. The molecule has 1 aromatic carbocycles. The number of carboxylic acid groups (broad SMARTS) is 1. The Labute approximate surface area is 122 Å². The molecule has 0 amide bonds. The molecule has 1 heterocycles. The van der Waals surface area contributed by atoms with Gasteiger partial charge in [0.25, 0.3) is 0 Å². The Hall–Kier alpha value is -0.870. The van der Waals surface area contributed by atoms with Crippen molar-refractivity contribution in [2.24, 2.45) is 5.92 Å². The summed E-state index contributed by atoms with van der Waals surface area (Å²) in [5.41, 5.74) is 0.924. The van der Waals surface area contributed by atoms with Crippen LogP contribution in [0.15, 0.2) is 18.2 Å². The van der Waals surface area contributed by atoms with Crippen molar-refractivity contribution in [1.29, 1.82) is 0 Å². The van der Waals surface area contributed by atoms with E-state index in [4.69, 9.17) is 21.4 Å². The molecule has 0 aliphatic carbocycles. The number of carbonyl (C=O) groups is 1. The Kier molecular flexibility index (Phi) is 4.99. The van der Waals surface area contributed by atoms with E-state index in [9.17, 15) is 4.79 Å². The monoisotopic (exact) mass is 300 g/mol. The van der Waals surface area contributed by atoms with Gasteiger partial charge in [0.2, 0.25) is 0 Å². The van der Waals surface area contributed by atoms with Gasteiger partial charge in [0, 0.05) is 5.75 Å². The predicted molar refractivity (Wildman–Crippen MR) is 78.3 cm³/mol. The standard InChI is InChI=1S/C14H17ClO3S/c1-9(14(16)17)6-10-2-3-13(12(15)7-10)18-11-4-5-19-8-11/h2-3,7,9,11H,4-6,8H2,1H3,(H,16,17). The lowest BCUT2D eigenvalue weighted by molar-refractivity contribution is -0.141. The first-order chi connectivity index (χ1) is 9.06. The first-order valence-corrected chi connectivity index (χ1v) is 7.85. The zero-order valence-electron chi connectivity index (χ0n) is 10.8. The fourth-order valence-corrected chi connectivity index (χ4v) is 3.33. The third-order valence-corrected chi connectivity index (χ3v) is 4.57. The highest BCUT2D eigenvalue weighted by atomic mass is 35.5. The van der Waals surface area contributed by atoms with Crippen molar-refractivity contribution in [3.8, 4) is 5.75 Å². The largest absolute Gasteiger partial charge is 0.488 e. The number of ether oxygens (including phenoxy) is 1. The quantitative estimate of drug-likeness (QED) is 0.904. The van der Waals surface area contributed by atoms with Gasteiger partial charge in [0.1, 0.15) is 11.9 Å². The molecule has 0 spiro atoms. The fraction of sp³-hybridized carbons (Fsp3) is 0.500. The van der Waals surface area contributed by atoms with Crippen LogP contribution < -0.4 is 4.74 Å². The summed E-state index contributed by atoms with van der Waals surface area (Å²) < 4.78 is 5.84. The summed E-state index contributed by atoms with van der Waals surface area (Å²) in [6.07, 6.45) is 1.78. The number of aliphatic carboxylic acids is 1. The minimum Gasteiger partial charge on any atom is -0.488 e. The summed E-state index contributed by atoms with van der Waals surface area (Å²) in [6, 6.07) is 5.54. The maximum Gasteiger partial charge on any atom is 0.306 e. The fourth-order valence-electron chi connectivity index (χ4n) is 1.99. The Balaban J connectivity index is 2.01. The van der Waals surface area contributed by atoms with Crippen LogP contribution in [0.3, 0.4) is 0 Å². The molecule has 104 valence electrons. The first-order valence-electron chi connectivity index (χ1n) is 6.32. The van der Waals surface area contributed by atoms with Crippen molar-refractivity contribution < 1.29 is 14.6 Å². The molecule has 2 unspecified atom stereocenters. The van der Waals surface area contributed by atoms with E-state index >= 15 is 0 Å². The maximum atomic E-state index is 10.8. The van der Waals surface area contributed by atoms with Crippen molar-refractivity contribution in [2.45, 2.75) is 25.9 Å². The van der Waals surface area contributed by atoms with Crippen molar-refractivity contribution in [3.63, 3.8) is 0 Å². The molecule has 1 aliphatic heterocycles. The molecule has 1 N–H and O–H groups in total. The number of rotatable bonds is 5. The molecule has 3 nitrogen and oxygen atoms in total. The number of hydrogen-bond acceptors (Lipinski definition) is 3. The summed E-state index contributed by atoms with van der Waals surface area (Å²) >= 11 is 8.08. The molecule has 5 heteroatoms. The van der Waals surface area contributed by atoms with Crippen LogP contribution in [-0.4, -0.2) is 28.7 Å². The lowest BCUT2D eigenvalue weighted by Crippen LogP contribution is -2.15. The molecule has 1 aliphatic rings. The summed E-state index contributed by atoms with van der Waals surface area (Å²) in [4.78, 5) is 10.8. The van der Waals surface area contributed by atoms with Crippen LogP contribution in [0, 0.1) is 5.92 Å². The topological polar surface area (TPSA) is 46.5 Å². The molecular weight excluding hydrogens is 284 g/mol. The van der Waals surface area contributed by atoms with Crippen LogP contribution in [-0.2, 0) is 11.2 Å². The molecule has 0 aromatic heterocycles. The van der Waals surface area contributed by atoms with Crippen LogP contribution in [0.5, 0.6) is 5.75 Å². The van der Waals surface area contributed by atoms with E-state index in [1.54, 1.807) is 13.0 Å². The van der Waals surface area contributed by atoms with Gasteiger partial charge >= 0.3 is 5.97 Å². The molecule has 0 bridgehead atoms. The van der Waals surface area contributed by atoms with Gasteiger partial charge in [-0.15, -0.1) is 0 Å². The minimum atomic E-state index is -0.792. The zero-order chi connectivity index (χ0) is 13.8. The van der Waals surface area contributed by atoms with Crippen LogP contribution in [0.1, 0.15) is 18.9 Å². The number of halogens is 1. The Morgan fingerprint density at radius 1 is 1.63 bits per heavy atom. The highest BCUT2D eigenvalue weighted by Gasteiger charge is 2.18. The van der Waals surface area contributed by atoms with E-state index in [0.717, 1.165) is 23.5 Å². The lowest BCUT2D eigenvalue weighted by atomic mass is 10.0. The van der Waals surface area contributed by atoms with Crippen molar-refractivity contribution >= 4 is 29.3 Å². The SMILES string of the molecule is CC(Cc1ccc(OC2CCSC2)c(Cl)c1)C(=O)O. The van der Waals surface area contributed by atoms with Gasteiger partial charge in [-0.3, -0.25) is 4.79 Å². The summed E-state index contributed by atoms with van der Waals surface area (Å²) in [5, 5.41) is 9.46. The van der Waals surface area contributed by atoms with E-state index in [2.05, 4.69) is 0 Å². The van der Waals surface area contributed by atoms with Crippen LogP contribution >= 0.6 is 23.4 Å². The Morgan fingerprint density at radius 2 is 2.42 bits per heavy atom. The number of carboxylic acids is 1. The van der Waals surface area contributed by atoms with Gasteiger partial charge in [-0.25, -0.2) is 0 Å². The molecule has 0 saturated carbocycles. The highest BCUT2D eigenvalue weighted by Crippen LogP contribution is 2.30. The summed E-state index contributed by atoms with van der Waals surface area (Å²) in [7, 11) is 0. The van der Waals surface area contributed by atoms with Gasteiger partial charge < -0.3 is 9.84 Å². The smallest absolute Gasteiger partial charge is 0.306 e. The second-order valence-corrected chi connectivity index (χ2v) is 6.37. The Morgan fingerprint density at radius 3 is 3.00 bits per heavy atom. The normalized spacial score (nSPS) is 20.2. The average molecular weight is 301 g/mol. The molecule has 1 fully saturated rings. The van der Waals surface area contributed by atoms with Gasteiger partial charge in [0.05, 0.1) is 10.9 Å². The van der Waals surface area contributed by atoms with Crippen molar-refractivity contribution in [1.82, 2.24) is 0 Å². The molecule has 2 atom stereocenters. The summed E-state index contributed by atoms with van der Waals surface area (Å²) in [5.74, 6) is 1.64. The molecule has 2 rings (SSSR count). The van der Waals surface area contributed by atoms with Gasteiger partial charge in [-0.05, 0) is 36.3 Å². The zero-order valence-corrected chi connectivity index (χ0v) is 12.3. The molecule has 0 radical (unpaired) electrons. The average Bonchev–Trinajstić information content (AvgIpc) is 2.85. The number of thioether (sulfide) groups is 1. The van der Waals surface area contributed by atoms with E-state index < -0.39 is 11.9 Å². The third kappa shape index (κ3) is 4.05. The van der Waals surface area contributed by atoms with Crippen molar-refractivity contribution in [2.75, 3.05) is 11.5 Å². The maximum absolute atomic E-state index is 10.8. The second-order valence-electron chi connectivity index (χ2n) is 4.81. The van der Waals surface area contributed by atoms with Crippen LogP contribution in [0.25, 0.3) is 0 Å². The van der Waals surface area contributed by atoms with E-state index in [0.29, 0.717) is 17.2 Å². The van der Waals surface area contributed by atoms with Gasteiger partial charge in [0.15, 0.2) is 0 Å². The molecule has 1 aromatic rings. The lowest BCUT2D eigenvalue weighted by Gasteiger charge is -2.15. The molecule has 1 saturated heterocycles. The van der Waals surface area contributed by atoms with E-state index in [-0.39, 0.29) is 6.10 Å². The molecular formula is C14H17ClO3S. The Bertz CT molecular complexity index is 458. The highest BCUT2D eigenvalue weighted by molar-refractivity contribution is 7.99. The number of hydrogen-bond donors (Lipinski definition) is 1. The number of benzene rings is 1. The van der Waals surface area contributed by atoms with E-state index in [1.807, 2.05) is 23.9 Å².